The average molecular weight is 329 g/mol. The number of hydrogen-bond donors (Lipinski definition) is 1. The Morgan fingerprint density at radius 2 is 1.70 bits per heavy atom. The van der Waals surface area contributed by atoms with E-state index in [0.29, 0.717) is 18.5 Å². The fourth-order valence-corrected chi connectivity index (χ4v) is 2.37. The maximum absolute atomic E-state index is 12.9. The fourth-order valence-electron chi connectivity index (χ4n) is 2.37. The lowest BCUT2D eigenvalue weighted by Gasteiger charge is -2.23. The number of nitrogens with one attached hydrogen (secondary N) is 1. The first-order chi connectivity index (χ1) is 10.9. The van der Waals surface area contributed by atoms with E-state index in [4.69, 9.17) is 4.74 Å². The number of carbonyl (C=O) groups is 1. The molecule has 1 amide bonds. The van der Waals surface area contributed by atoms with Gasteiger partial charge in [0.2, 0.25) is 11.5 Å². The Hall–Kier alpha value is -2.18. The number of ether oxygens (including phenoxy) is 2. The fraction of sp³-hybridized carbons (Fsp3) is 0.438. The van der Waals surface area contributed by atoms with Gasteiger partial charge in [-0.25, -0.2) is 0 Å². The van der Waals surface area contributed by atoms with Crippen LogP contribution >= 0.6 is 0 Å². The zero-order chi connectivity index (χ0) is 17.0. The number of aryl methyl sites for hydroxylation is 2. The van der Waals surface area contributed by atoms with Crippen molar-refractivity contribution in [2.24, 2.45) is 0 Å². The zero-order valence-electron chi connectivity index (χ0n) is 12.9. The van der Waals surface area contributed by atoms with Gasteiger partial charge >= 0.3 is 6.18 Å². The summed E-state index contributed by atoms with van der Waals surface area (Å²) in [6.07, 6.45) is -3.48. The molecule has 4 nitrogen and oxygen atoms in total. The van der Waals surface area contributed by atoms with E-state index in [-0.39, 0.29) is 13.2 Å². The number of benzene rings is 1. The van der Waals surface area contributed by atoms with Crippen molar-refractivity contribution < 1.29 is 27.4 Å². The Bertz CT molecular complexity index is 601. The van der Waals surface area contributed by atoms with E-state index < -0.39 is 23.6 Å². The van der Waals surface area contributed by atoms with Crippen LogP contribution in [0.4, 0.5) is 18.9 Å². The third kappa shape index (κ3) is 3.78. The summed E-state index contributed by atoms with van der Waals surface area (Å²) in [5, 5.41) is 2.55. The van der Waals surface area contributed by atoms with Crippen molar-refractivity contribution >= 4 is 11.6 Å². The van der Waals surface area contributed by atoms with Gasteiger partial charge in [-0.15, -0.1) is 0 Å². The van der Waals surface area contributed by atoms with Gasteiger partial charge in [0.25, 0.3) is 5.91 Å². The van der Waals surface area contributed by atoms with Crippen LogP contribution in [0.3, 0.4) is 0 Å². The van der Waals surface area contributed by atoms with Gasteiger partial charge < -0.3 is 14.8 Å². The molecular weight excluding hydrogens is 311 g/mol. The predicted octanol–water partition coefficient (Wildman–Crippen LogP) is 3.57. The van der Waals surface area contributed by atoms with E-state index in [2.05, 4.69) is 10.1 Å². The molecule has 1 aliphatic rings. The Kier molecular flexibility index (Phi) is 5.18. The number of carbonyl (C=O) groups excluding carboxylic acids is 1. The Morgan fingerprint density at radius 1 is 1.13 bits per heavy atom. The molecule has 1 aromatic carbocycles. The molecule has 0 unspecified atom stereocenters. The molecule has 0 atom stereocenters. The Labute approximate surface area is 132 Å². The number of hydrogen-bond acceptors (Lipinski definition) is 3. The summed E-state index contributed by atoms with van der Waals surface area (Å²) < 4.78 is 48.3. The number of amides is 1. The highest BCUT2D eigenvalue weighted by Crippen LogP contribution is 2.32. The first kappa shape index (κ1) is 17.2. The molecule has 126 valence electrons. The minimum absolute atomic E-state index is 0.0988. The first-order valence-electron chi connectivity index (χ1n) is 7.37. The second kappa shape index (κ2) is 6.93. The average Bonchev–Trinajstić information content (AvgIpc) is 2.54. The van der Waals surface area contributed by atoms with E-state index in [0.717, 1.165) is 11.1 Å². The van der Waals surface area contributed by atoms with Crippen LogP contribution in [-0.2, 0) is 27.1 Å². The molecule has 23 heavy (non-hydrogen) atoms. The highest BCUT2D eigenvalue weighted by Gasteiger charge is 2.43. The minimum Gasteiger partial charge on any atom is -0.483 e. The van der Waals surface area contributed by atoms with Gasteiger partial charge in [0.1, 0.15) is 13.2 Å². The molecule has 0 spiro atoms. The topological polar surface area (TPSA) is 47.6 Å². The van der Waals surface area contributed by atoms with E-state index >= 15 is 0 Å². The summed E-state index contributed by atoms with van der Waals surface area (Å²) in [5.41, 5.74) is 2.23. The smallest absolute Gasteiger partial charge is 0.453 e. The molecule has 1 aromatic rings. The number of halogens is 3. The number of rotatable bonds is 4. The van der Waals surface area contributed by atoms with Crippen LogP contribution in [0, 0.1) is 0 Å². The first-order valence-corrected chi connectivity index (χ1v) is 7.37. The monoisotopic (exact) mass is 329 g/mol. The van der Waals surface area contributed by atoms with Gasteiger partial charge in [-0.1, -0.05) is 32.0 Å². The van der Waals surface area contributed by atoms with Crippen LogP contribution in [-0.4, -0.2) is 25.3 Å². The Balaban J connectivity index is 2.37. The van der Waals surface area contributed by atoms with Crippen molar-refractivity contribution in [1.82, 2.24) is 0 Å². The largest absolute Gasteiger partial charge is 0.483 e. The minimum atomic E-state index is -4.77. The quantitative estimate of drug-likeness (QED) is 0.919. The maximum atomic E-state index is 12.9. The molecular formula is C16H18F3NO3. The summed E-state index contributed by atoms with van der Waals surface area (Å²) in [6.45, 7) is 3.48. The van der Waals surface area contributed by atoms with E-state index in [1.807, 2.05) is 32.0 Å². The van der Waals surface area contributed by atoms with Crippen molar-refractivity contribution in [2.45, 2.75) is 32.9 Å². The molecule has 0 radical (unpaired) electrons. The molecule has 0 aromatic heterocycles. The summed E-state index contributed by atoms with van der Waals surface area (Å²) >= 11 is 0. The van der Waals surface area contributed by atoms with Gasteiger partial charge in [-0.3, -0.25) is 4.79 Å². The predicted molar refractivity (Wildman–Crippen MR) is 78.8 cm³/mol. The molecule has 0 bridgehead atoms. The van der Waals surface area contributed by atoms with Crippen LogP contribution < -0.4 is 5.32 Å². The second-order valence-electron chi connectivity index (χ2n) is 4.97. The lowest BCUT2D eigenvalue weighted by atomic mass is 10.0. The van der Waals surface area contributed by atoms with Gasteiger partial charge in [0.15, 0.2) is 0 Å². The summed E-state index contributed by atoms with van der Waals surface area (Å²) in [7, 11) is 0. The van der Waals surface area contributed by atoms with Crippen molar-refractivity contribution in [2.75, 3.05) is 18.5 Å². The van der Waals surface area contributed by atoms with Crippen molar-refractivity contribution in [3.63, 3.8) is 0 Å². The highest BCUT2D eigenvalue weighted by atomic mass is 19.4. The molecule has 1 heterocycles. The van der Waals surface area contributed by atoms with Crippen molar-refractivity contribution in [3.05, 3.63) is 40.8 Å². The lowest BCUT2D eigenvalue weighted by molar-refractivity contribution is -0.151. The highest BCUT2D eigenvalue weighted by molar-refractivity contribution is 6.03. The molecule has 7 heteroatoms. The summed E-state index contributed by atoms with van der Waals surface area (Å²) in [5.74, 6) is -3.15. The van der Waals surface area contributed by atoms with Crippen LogP contribution in [0.25, 0.3) is 0 Å². The van der Waals surface area contributed by atoms with Crippen LogP contribution in [0.1, 0.15) is 25.0 Å². The SMILES string of the molecule is CCc1cccc(CC)c1NC(=O)C1=C(C(F)(F)F)OCCO1. The van der Waals surface area contributed by atoms with Gasteiger partial charge in [-0.2, -0.15) is 13.2 Å². The maximum Gasteiger partial charge on any atom is 0.453 e. The van der Waals surface area contributed by atoms with Gasteiger partial charge in [-0.05, 0) is 24.0 Å². The lowest BCUT2D eigenvalue weighted by Crippen LogP contribution is -2.30. The number of allylic oxidation sites excluding steroid dienone is 1. The molecule has 1 aliphatic heterocycles. The van der Waals surface area contributed by atoms with Crippen molar-refractivity contribution in [1.29, 1.82) is 0 Å². The third-order valence-corrected chi connectivity index (χ3v) is 3.48. The Morgan fingerprint density at radius 3 is 2.22 bits per heavy atom. The van der Waals surface area contributed by atoms with Crippen LogP contribution in [0.5, 0.6) is 0 Å². The van der Waals surface area contributed by atoms with Crippen molar-refractivity contribution in [3.8, 4) is 0 Å². The summed E-state index contributed by atoms with van der Waals surface area (Å²) in [6, 6.07) is 5.51. The van der Waals surface area contributed by atoms with Crippen LogP contribution in [0.2, 0.25) is 0 Å². The zero-order valence-corrected chi connectivity index (χ0v) is 12.9. The molecule has 2 rings (SSSR count). The molecule has 0 saturated heterocycles. The van der Waals surface area contributed by atoms with Gasteiger partial charge in [0, 0.05) is 5.69 Å². The number of anilines is 1. The van der Waals surface area contributed by atoms with E-state index in [1.54, 1.807) is 0 Å². The summed E-state index contributed by atoms with van der Waals surface area (Å²) in [4.78, 5) is 12.3. The second-order valence-corrected chi connectivity index (χ2v) is 4.97. The third-order valence-electron chi connectivity index (χ3n) is 3.48. The molecule has 0 saturated carbocycles. The van der Waals surface area contributed by atoms with E-state index in [1.165, 1.54) is 0 Å². The van der Waals surface area contributed by atoms with E-state index in [9.17, 15) is 18.0 Å². The molecule has 0 fully saturated rings. The van der Waals surface area contributed by atoms with Crippen LogP contribution in [0.15, 0.2) is 29.7 Å². The molecule has 1 N–H and O–H groups in total. The standard InChI is InChI=1S/C16H18F3NO3/c1-3-10-6-5-7-11(4-2)12(10)20-15(21)13-14(16(17,18)19)23-9-8-22-13/h5-7H,3-4,8-9H2,1-2H3,(H,20,21). The van der Waals surface area contributed by atoms with Gasteiger partial charge in [0.05, 0.1) is 0 Å². The molecule has 0 aliphatic carbocycles. The normalized spacial score (nSPS) is 15.0. The number of alkyl halides is 3. The number of para-hydroxylation sites is 1.